The van der Waals surface area contributed by atoms with Crippen LogP contribution in [0.15, 0.2) is 41.3 Å². The molecule has 0 fully saturated rings. The summed E-state index contributed by atoms with van der Waals surface area (Å²) in [5.74, 6) is -0.762. The SMILES string of the molecule is COc1ccc(S(=O)(=O)CC(=O)Nc2nc3ccc4sc(C)nc4c3s2)cc1. The molecule has 0 aliphatic rings. The molecule has 144 valence electrons. The van der Waals surface area contributed by atoms with Gasteiger partial charge in [0, 0.05) is 0 Å². The number of aromatic nitrogens is 2. The van der Waals surface area contributed by atoms with Crippen LogP contribution in [-0.4, -0.2) is 37.2 Å². The van der Waals surface area contributed by atoms with Gasteiger partial charge in [-0.2, -0.15) is 0 Å². The highest BCUT2D eigenvalue weighted by molar-refractivity contribution is 7.92. The van der Waals surface area contributed by atoms with E-state index in [2.05, 4.69) is 15.3 Å². The number of carbonyl (C=O) groups excluding carboxylic acids is 1. The summed E-state index contributed by atoms with van der Waals surface area (Å²) in [5, 5.41) is 3.89. The molecule has 4 rings (SSSR count). The Morgan fingerprint density at radius 2 is 1.86 bits per heavy atom. The minimum Gasteiger partial charge on any atom is -0.497 e. The van der Waals surface area contributed by atoms with E-state index in [9.17, 15) is 13.2 Å². The van der Waals surface area contributed by atoms with Crippen molar-refractivity contribution in [2.24, 2.45) is 0 Å². The van der Waals surface area contributed by atoms with Crippen LogP contribution in [0.4, 0.5) is 5.13 Å². The van der Waals surface area contributed by atoms with Crippen LogP contribution in [0.1, 0.15) is 5.01 Å². The first-order chi connectivity index (χ1) is 13.4. The van der Waals surface area contributed by atoms with Gasteiger partial charge in [0.15, 0.2) is 15.0 Å². The number of hydrogen-bond donors (Lipinski definition) is 1. The van der Waals surface area contributed by atoms with Gasteiger partial charge in [0.05, 0.1) is 31.9 Å². The van der Waals surface area contributed by atoms with Gasteiger partial charge in [-0.1, -0.05) is 11.3 Å². The van der Waals surface area contributed by atoms with Gasteiger partial charge in [0.25, 0.3) is 0 Å². The van der Waals surface area contributed by atoms with Crippen LogP contribution in [0.25, 0.3) is 20.4 Å². The van der Waals surface area contributed by atoms with Crippen molar-refractivity contribution in [3.05, 3.63) is 41.4 Å². The number of nitrogens with one attached hydrogen (secondary N) is 1. The van der Waals surface area contributed by atoms with Crippen LogP contribution in [0, 0.1) is 6.92 Å². The number of ether oxygens (including phenoxy) is 1. The Morgan fingerprint density at radius 1 is 1.11 bits per heavy atom. The molecule has 4 aromatic rings. The van der Waals surface area contributed by atoms with E-state index in [-0.39, 0.29) is 4.90 Å². The Hall–Kier alpha value is -2.56. The lowest BCUT2D eigenvalue weighted by Crippen LogP contribution is -2.22. The summed E-state index contributed by atoms with van der Waals surface area (Å²) >= 11 is 2.88. The summed E-state index contributed by atoms with van der Waals surface area (Å²) in [6.45, 7) is 1.93. The number of thiazole rings is 2. The highest BCUT2D eigenvalue weighted by Gasteiger charge is 2.21. The number of methoxy groups -OCH3 is 1. The molecule has 0 spiro atoms. The van der Waals surface area contributed by atoms with Gasteiger partial charge in [-0.25, -0.2) is 18.4 Å². The molecule has 10 heteroatoms. The van der Waals surface area contributed by atoms with Gasteiger partial charge in [-0.05, 0) is 43.3 Å². The number of fused-ring (bicyclic) bond motifs is 3. The normalized spacial score (nSPS) is 11.8. The van der Waals surface area contributed by atoms with E-state index in [1.165, 1.54) is 30.6 Å². The third-order valence-corrected chi connectivity index (χ3v) is 7.57. The first kappa shape index (κ1) is 18.8. The van der Waals surface area contributed by atoms with Crippen molar-refractivity contribution in [3.63, 3.8) is 0 Å². The van der Waals surface area contributed by atoms with E-state index >= 15 is 0 Å². The second kappa shape index (κ2) is 7.12. The average molecular weight is 434 g/mol. The minimum absolute atomic E-state index is 0.0624. The van der Waals surface area contributed by atoms with Gasteiger partial charge < -0.3 is 10.1 Å². The summed E-state index contributed by atoms with van der Waals surface area (Å²) < 4.78 is 31.8. The maximum atomic E-state index is 12.5. The molecule has 2 aromatic heterocycles. The smallest absolute Gasteiger partial charge is 0.241 e. The fourth-order valence-corrected chi connectivity index (χ4v) is 5.74. The van der Waals surface area contributed by atoms with Gasteiger partial charge in [-0.3, -0.25) is 4.79 Å². The van der Waals surface area contributed by atoms with E-state index in [0.717, 1.165) is 25.4 Å². The number of carbonyl (C=O) groups is 1. The van der Waals surface area contributed by atoms with E-state index in [1.54, 1.807) is 23.5 Å². The molecule has 28 heavy (non-hydrogen) atoms. The van der Waals surface area contributed by atoms with Crippen LogP contribution in [0.3, 0.4) is 0 Å². The predicted molar refractivity (Wildman–Crippen MR) is 111 cm³/mol. The highest BCUT2D eigenvalue weighted by Crippen LogP contribution is 2.34. The quantitative estimate of drug-likeness (QED) is 0.516. The summed E-state index contributed by atoms with van der Waals surface area (Å²) in [6, 6.07) is 9.73. The van der Waals surface area contributed by atoms with Crippen molar-refractivity contribution in [1.29, 1.82) is 0 Å². The Morgan fingerprint density at radius 3 is 2.57 bits per heavy atom. The number of rotatable bonds is 5. The molecule has 1 N–H and O–H groups in total. The molecule has 1 amide bonds. The van der Waals surface area contributed by atoms with Crippen molar-refractivity contribution in [1.82, 2.24) is 9.97 Å². The largest absolute Gasteiger partial charge is 0.497 e. The van der Waals surface area contributed by atoms with Crippen molar-refractivity contribution in [2.75, 3.05) is 18.2 Å². The predicted octanol–water partition coefficient (Wildman–Crippen LogP) is 3.64. The van der Waals surface area contributed by atoms with Gasteiger partial charge in [0.2, 0.25) is 5.91 Å². The van der Waals surface area contributed by atoms with Crippen LogP contribution in [0.2, 0.25) is 0 Å². The molecule has 7 nitrogen and oxygen atoms in total. The van der Waals surface area contributed by atoms with E-state index < -0.39 is 21.5 Å². The molecule has 2 heterocycles. The Labute approximate surface area is 168 Å². The first-order valence-corrected chi connectivity index (χ1v) is 11.5. The number of aryl methyl sites for hydroxylation is 1. The number of benzene rings is 2. The standard InChI is InChI=1S/C18H15N3O4S3/c1-10-19-16-14(26-10)8-7-13-17(16)27-18(20-13)21-15(22)9-28(23,24)12-5-3-11(25-2)4-6-12/h3-8H,9H2,1-2H3,(H,20,21,22). The Kier molecular flexibility index (Phi) is 4.77. The molecule has 0 unspecified atom stereocenters. The van der Waals surface area contributed by atoms with Crippen LogP contribution in [0.5, 0.6) is 5.75 Å². The molecule has 0 atom stereocenters. The minimum atomic E-state index is -3.77. The van der Waals surface area contributed by atoms with Gasteiger partial charge in [-0.15, -0.1) is 11.3 Å². The van der Waals surface area contributed by atoms with Crippen molar-refractivity contribution < 1.29 is 17.9 Å². The van der Waals surface area contributed by atoms with Crippen LogP contribution >= 0.6 is 22.7 Å². The summed E-state index contributed by atoms with van der Waals surface area (Å²) in [6.07, 6.45) is 0. The van der Waals surface area contributed by atoms with Crippen LogP contribution < -0.4 is 10.1 Å². The topological polar surface area (TPSA) is 98.2 Å². The molecular weight excluding hydrogens is 418 g/mol. The van der Waals surface area contributed by atoms with E-state index in [4.69, 9.17) is 4.74 Å². The zero-order valence-electron chi connectivity index (χ0n) is 14.9. The molecule has 0 saturated carbocycles. The highest BCUT2D eigenvalue weighted by atomic mass is 32.2. The van der Waals surface area contributed by atoms with E-state index in [0.29, 0.717) is 10.9 Å². The van der Waals surface area contributed by atoms with E-state index in [1.807, 2.05) is 19.1 Å². The molecule has 0 aliphatic heterocycles. The van der Waals surface area contributed by atoms with Gasteiger partial charge in [0.1, 0.15) is 17.0 Å². The Balaban J connectivity index is 1.55. The number of sulfone groups is 1. The van der Waals surface area contributed by atoms with Crippen molar-refractivity contribution >= 4 is 64.0 Å². The third-order valence-electron chi connectivity index (χ3n) is 4.01. The van der Waals surface area contributed by atoms with Crippen molar-refractivity contribution in [3.8, 4) is 5.75 Å². The lowest BCUT2D eigenvalue weighted by molar-refractivity contribution is -0.113. The monoisotopic (exact) mass is 433 g/mol. The number of hydrogen-bond acceptors (Lipinski definition) is 8. The second-order valence-electron chi connectivity index (χ2n) is 6.00. The molecule has 0 aliphatic carbocycles. The van der Waals surface area contributed by atoms with Crippen molar-refractivity contribution in [2.45, 2.75) is 11.8 Å². The number of amides is 1. The molecule has 0 saturated heterocycles. The zero-order valence-corrected chi connectivity index (χ0v) is 17.4. The molecule has 0 radical (unpaired) electrons. The fourth-order valence-electron chi connectivity index (χ4n) is 2.74. The maximum Gasteiger partial charge on any atom is 0.241 e. The van der Waals surface area contributed by atoms with Gasteiger partial charge >= 0.3 is 0 Å². The number of anilines is 1. The summed E-state index contributed by atoms with van der Waals surface area (Å²) in [4.78, 5) is 21.3. The lowest BCUT2D eigenvalue weighted by atomic mass is 10.3. The lowest BCUT2D eigenvalue weighted by Gasteiger charge is -2.05. The molecule has 0 bridgehead atoms. The molecular formula is C18H15N3O4S3. The second-order valence-corrected chi connectivity index (χ2v) is 10.2. The summed E-state index contributed by atoms with van der Waals surface area (Å²) in [7, 11) is -2.27. The molecule has 2 aromatic carbocycles. The third kappa shape index (κ3) is 3.58. The van der Waals surface area contributed by atoms with Crippen LogP contribution in [-0.2, 0) is 14.6 Å². The summed E-state index contributed by atoms with van der Waals surface area (Å²) in [5.41, 5.74) is 1.57. The average Bonchev–Trinajstić information content (AvgIpc) is 3.23. The maximum absolute atomic E-state index is 12.5. The first-order valence-electron chi connectivity index (χ1n) is 8.19. The zero-order chi connectivity index (χ0) is 19.9. The number of nitrogens with zero attached hydrogens (tertiary/aromatic N) is 2. The Bertz CT molecular complexity index is 1290. The fraction of sp³-hybridized carbons (Fsp3) is 0.167.